The van der Waals surface area contributed by atoms with Crippen molar-refractivity contribution in [3.05, 3.63) is 0 Å². The van der Waals surface area contributed by atoms with Crippen LogP contribution in [0.3, 0.4) is 0 Å². The Balaban J connectivity index is 1.99. The van der Waals surface area contributed by atoms with E-state index in [1.165, 1.54) is 32.1 Å². The van der Waals surface area contributed by atoms with Crippen LogP contribution in [0, 0.1) is 22.7 Å². The van der Waals surface area contributed by atoms with Crippen molar-refractivity contribution in [3.63, 3.8) is 0 Å². The predicted molar refractivity (Wildman–Crippen MR) is 51.3 cm³/mol. The van der Waals surface area contributed by atoms with E-state index in [0.29, 0.717) is 28.4 Å². The number of carbonyl (C=O) groups excluding carboxylic acids is 1. The summed E-state index contributed by atoms with van der Waals surface area (Å²) in [4.78, 5) is 11.9. The maximum absolute atomic E-state index is 11.9. The summed E-state index contributed by atoms with van der Waals surface area (Å²) < 4.78 is 0. The van der Waals surface area contributed by atoms with Crippen LogP contribution >= 0.6 is 0 Å². The number of rotatable bonds is 0. The average molecular weight is 178 g/mol. The van der Waals surface area contributed by atoms with Gasteiger partial charge in [0, 0.05) is 11.8 Å². The van der Waals surface area contributed by atoms with Gasteiger partial charge in [0.05, 0.1) is 0 Å². The second-order valence-corrected chi connectivity index (χ2v) is 5.72. The van der Waals surface area contributed by atoms with Gasteiger partial charge in [-0.3, -0.25) is 4.79 Å². The van der Waals surface area contributed by atoms with Crippen molar-refractivity contribution in [2.45, 2.75) is 46.0 Å². The van der Waals surface area contributed by atoms with Gasteiger partial charge in [-0.25, -0.2) is 0 Å². The van der Waals surface area contributed by atoms with Crippen molar-refractivity contribution in [2.75, 3.05) is 0 Å². The third-order valence-electron chi connectivity index (χ3n) is 5.25. The molecule has 3 saturated carbocycles. The summed E-state index contributed by atoms with van der Waals surface area (Å²) in [5.41, 5.74) is 0.927. The molecular formula is C12H18O. The van der Waals surface area contributed by atoms with Crippen LogP contribution in [0.5, 0.6) is 0 Å². The monoisotopic (exact) mass is 178 g/mol. The number of ketones is 1. The van der Waals surface area contributed by atoms with Gasteiger partial charge in [-0.05, 0) is 30.1 Å². The molecule has 0 aromatic rings. The van der Waals surface area contributed by atoms with E-state index in [2.05, 4.69) is 13.8 Å². The molecule has 1 spiro atoms. The lowest BCUT2D eigenvalue weighted by molar-refractivity contribution is -0.123. The van der Waals surface area contributed by atoms with Gasteiger partial charge in [0.2, 0.25) is 0 Å². The molecule has 0 bridgehead atoms. The molecule has 3 aliphatic carbocycles. The van der Waals surface area contributed by atoms with Gasteiger partial charge >= 0.3 is 0 Å². The van der Waals surface area contributed by atoms with Gasteiger partial charge in [-0.1, -0.05) is 26.7 Å². The van der Waals surface area contributed by atoms with E-state index in [1.807, 2.05) is 0 Å². The molecule has 3 rings (SSSR count). The van der Waals surface area contributed by atoms with Crippen molar-refractivity contribution in [1.29, 1.82) is 0 Å². The highest BCUT2D eigenvalue weighted by Gasteiger charge is 2.79. The second kappa shape index (κ2) is 2.02. The summed E-state index contributed by atoms with van der Waals surface area (Å²) in [6.45, 7) is 4.48. The molecule has 72 valence electrons. The van der Waals surface area contributed by atoms with E-state index in [4.69, 9.17) is 0 Å². The van der Waals surface area contributed by atoms with E-state index < -0.39 is 0 Å². The Labute approximate surface area is 79.9 Å². The zero-order valence-electron chi connectivity index (χ0n) is 8.60. The molecule has 3 aliphatic rings. The van der Waals surface area contributed by atoms with Gasteiger partial charge in [0.15, 0.2) is 0 Å². The fourth-order valence-corrected chi connectivity index (χ4v) is 4.57. The summed E-state index contributed by atoms with van der Waals surface area (Å²) in [7, 11) is 0. The highest BCUT2D eigenvalue weighted by atomic mass is 16.1. The Bertz CT molecular complexity index is 283. The summed E-state index contributed by atoms with van der Waals surface area (Å²) >= 11 is 0. The van der Waals surface area contributed by atoms with E-state index in [9.17, 15) is 4.79 Å². The minimum atomic E-state index is 0.371. The smallest absolute Gasteiger partial charge is 0.139 e. The van der Waals surface area contributed by atoms with Crippen molar-refractivity contribution in [2.24, 2.45) is 22.7 Å². The molecule has 0 aliphatic heterocycles. The molecule has 0 saturated heterocycles. The fraction of sp³-hybridized carbons (Fsp3) is 0.917. The fourth-order valence-electron chi connectivity index (χ4n) is 4.57. The van der Waals surface area contributed by atoms with Crippen LogP contribution in [0.4, 0.5) is 0 Å². The van der Waals surface area contributed by atoms with E-state index in [0.717, 1.165) is 0 Å². The van der Waals surface area contributed by atoms with Crippen LogP contribution < -0.4 is 0 Å². The number of Topliss-reactive ketones (excluding diaryl/α,β-unsaturated/α-hetero) is 1. The first-order chi connectivity index (χ1) is 6.12. The lowest BCUT2D eigenvalue weighted by atomic mass is 9.76. The number of hydrogen-bond donors (Lipinski definition) is 0. The first kappa shape index (κ1) is 8.02. The highest BCUT2D eigenvalue weighted by molar-refractivity contribution is 5.91. The van der Waals surface area contributed by atoms with Crippen LogP contribution in [0.25, 0.3) is 0 Å². The van der Waals surface area contributed by atoms with Gasteiger partial charge in [0.25, 0.3) is 0 Å². The topological polar surface area (TPSA) is 17.1 Å². The molecule has 4 atom stereocenters. The third-order valence-corrected chi connectivity index (χ3v) is 5.25. The Morgan fingerprint density at radius 3 is 2.77 bits per heavy atom. The normalized spacial score (nSPS) is 58.8. The molecule has 4 unspecified atom stereocenters. The number of carbonyl (C=O) groups is 1. The average Bonchev–Trinajstić information content (AvgIpc) is 2.52. The molecule has 1 heteroatoms. The molecule has 13 heavy (non-hydrogen) atoms. The van der Waals surface area contributed by atoms with Gasteiger partial charge in [-0.2, -0.15) is 0 Å². The van der Waals surface area contributed by atoms with Crippen LogP contribution in [0.2, 0.25) is 0 Å². The summed E-state index contributed by atoms with van der Waals surface area (Å²) in [6, 6.07) is 0. The largest absolute Gasteiger partial charge is 0.299 e. The molecule has 0 aromatic heterocycles. The minimum absolute atomic E-state index is 0.371. The van der Waals surface area contributed by atoms with Crippen molar-refractivity contribution in [1.82, 2.24) is 0 Å². The first-order valence-corrected chi connectivity index (χ1v) is 5.66. The van der Waals surface area contributed by atoms with Crippen LogP contribution in [-0.2, 0) is 4.79 Å². The Hall–Kier alpha value is -0.330. The molecule has 0 aromatic carbocycles. The Kier molecular flexibility index (Phi) is 1.24. The predicted octanol–water partition coefficient (Wildman–Crippen LogP) is 2.79. The molecule has 3 fully saturated rings. The molecule has 0 N–H and O–H groups in total. The molecule has 0 radical (unpaired) electrons. The standard InChI is InChI=1S/C12H18O/c1-8-7-12-6-4-3-5-11(12,2)10(12)9(8)13/h8,10H,3-7H2,1-2H3. The maximum Gasteiger partial charge on any atom is 0.139 e. The quantitative estimate of drug-likeness (QED) is 0.557. The Morgan fingerprint density at radius 2 is 2.00 bits per heavy atom. The zero-order valence-corrected chi connectivity index (χ0v) is 8.60. The summed E-state index contributed by atoms with van der Waals surface area (Å²) in [5, 5.41) is 0. The first-order valence-electron chi connectivity index (χ1n) is 5.66. The zero-order chi connectivity index (χ0) is 9.27. The minimum Gasteiger partial charge on any atom is -0.299 e. The third kappa shape index (κ3) is 0.660. The molecule has 0 heterocycles. The van der Waals surface area contributed by atoms with Crippen LogP contribution in [-0.4, -0.2) is 5.78 Å². The summed E-state index contributed by atoms with van der Waals surface area (Å²) in [6.07, 6.45) is 6.58. The maximum atomic E-state index is 11.9. The van der Waals surface area contributed by atoms with E-state index >= 15 is 0 Å². The Morgan fingerprint density at radius 1 is 1.31 bits per heavy atom. The lowest BCUT2D eigenvalue weighted by Crippen LogP contribution is -2.21. The SMILES string of the molecule is CC1CC23CCCCC2(C)C3C1=O. The molecule has 0 amide bonds. The lowest BCUT2D eigenvalue weighted by Gasteiger charge is -2.28. The van der Waals surface area contributed by atoms with E-state index in [1.54, 1.807) is 0 Å². The second-order valence-electron chi connectivity index (χ2n) is 5.72. The van der Waals surface area contributed by atoms with Crippen molar-refractivity contribution >= 4 is 5.78 Å². The van der Waals surface area contributed by atoms with Crippen LogP contribution in [0.15, 0.2) is 0 Å². The van der Waals surface area contributed by atoms with Gasteiger partial charge in [0.1, 0.15) is 5.78 Å². The molecular weight excluding hydrogens is 160 g/mol. The number of fused-ring (bicyclic) bond motifs is 1. The van der Waals surface area contributed by atoms with Gasteiger partial charge < -0.3 is 0 Å². The number of hydrogen-bond acceptors (Lipinski definition) is 1. The van der Waals surface area contributed by atoms with Crippen molar-refractivity contribution < 1.29 is 4.79 Å². The van der Waals surface area contributed by atoms with E-state index in [-0.39, 0.29) is 0 Å². The van der Waals surface area contributed by atoms with Crippen LogP contribution in [0.1, 0.15) is 46.0 Å². The molecule has 1 nitrogen and oxygen atoms in total. The summed E-state index contributed by atoms with van der Waals surface area (Å²) in [5.74, 6) is 1.43. The highest BCUT2D eigenvalue weighted by Crippen LogP contribution is 2.81. The van der Waals surface area contributed by atoms with Gasteiger partial charge in [-0.15, -0.1) is 0 Å². The van der Waals surface area contributed by atoms with Crippen molar-refractivity contribution in [3.8, 4) is 0 Å².